The second-order valence-electron chi connectivity index (χ2n) is 25.2. The van der Waals surface area contributed by atoms with E-state index in [4.69, 9.17) is 30.3 Å². The fourth-order valence-electron chi connectivity index (χ4n) is 12.3. The van der Waals surface area contributed by atoms with Gasteiger partial charge in [-0.2, -0.15) is 0 Å². The van der Waals surface area contributed by atoms with Gasteiger partial charge in [-0.05, 0) is 77.2 Å². The Hall–Kier alpha value is -8.85. The Morgan fingerprint density at radius 1 is 0.656 bits per heavy atom. The summed E-state index contributed by atoms with van der Waals surface area (Å²) in [6.07, 6.45) is -2.42. The van der Waals surface area contributed by atoms with Crippen molar-refractivity contribution in [3.05, 3.63) is 45.5 Å². The SMILES string of the molecule is [CH2+]C[C@H]1C(=O)CC(C(C)OC(=O)c2cc(N)c(C)c3oc4c(C)c(=O)c(N)c(C(=O)OC(C)C5NC(=O)[C@H](C(C)C)N(C)C(=O)CN(C)C(=O)[C@@H]6CCCN6C(=O)[C@@H](C(C)C)NC5=O)c-4nc23)C(=O)N[C@H](C(C)C)C(=O)N2CCC[C@H]2C(=O)N(C)CC(=O)N1C. The number of likely N-dealkylation sites (N-methyl/N-ethyl adjacent to an activating group) is 4. The van der Waals surface area contributed by atoms with Gasteiger partial charge in [0, 0.05) is 64.5 Å². The van der Waals surface area contributed by atoms with Crippen molar-refractivity contribution >= 4 is 93.4 Å². The predicted molar refractivity (Wildman–Crippen MR) is 326 cm³/mol. The number of ketones is 1. The van der Waals surface area contributed by atoms with Gasteiger partial charge < -0.3 is 70.7 Å². The standard InChI is InChI=1S/C62H84N12O16/c1-16-37-40(75)24-34(54(79)66-45(27(2)3)59(84)73-21-17-19-38(73)57(82)69(12)25-41(76)71(37)14)32(10)88-61(86)35-23-36(63)30(8)52-48(35)65-49-43(44(64)51(78)31(9)53(49)90-52)62(87)89-33(11)47-55(80)67-46(28(4)5)60(85)74-22-18-20-39(74)58(83)70(13)26-42(77)72(15)50(29(6)7)56(81)68-47/h23,27-29,32-34,37-39,45-47,50H,1,16-22,24-26H2,2-15H3,(H6-,63,64,65,66,67,68,78,79,80,81,86,87)/p+1/t32?,33?,34?,37-,38-,39-,45+,46+,47?,50-/m0/s1. The van der Waals surface area contributed by atoms with Gasteiger partial charge in [-0.1, -0.05) is 41.5 Å². The van der Waals surface area contributed by atoms with Gasteiger partial charge in [0.25, 0.3) is 0 Å². The smallest absolute Gasteiger partial charge is 0.343 e. The van der Waals surface area contributed by atoms with Crippen molar-refractivity contribution < 1.29 is 71.4 Å². The number of nitrogen functional groups attached to an aromatic ring is 2. The third kappa shape index (κ3) is 13.5. The summed E-state index contributed by atoms with van der Waals surface area (Å²) in [5.74, 6) is -12.9. The molecule has 5 heterocycles. The van der Waals surface area contributed by atoms with Crippen LogP contribution < -0.4 is 32.8 Å². The van der Waals surface area contributed by atoms with Crippen molar-refractivity contribution in [2.75, 3.05) is 65.8 Å². The summed E-state index contributed by atoms with van der Waals surface area (Å²) in [6.45, 7) is 18.9. The molecule has 9 amide bonds. The number of anilines is 2. The first kappa shape index (κ1) is 68.6. The summed E-state index contributed by atoms with van der Waals surface area (Å²) in [6, 6.07) is -7.46. The Labute approximate surface area is 522 Å². The molecule has 0 radical (unpaired) electrons. The van der Waals surface area contributed by atoms with Gasteiger partial charge >= 0.3 is 11.9 Å². The monoisotopic (exact) mass is 1250 g/mol. The third-order valence-electron chi connectivity index (χ3n) is 17.8. The van der Waals surface area contributed by atoms with Crippen LogP contribution in [-0.2, 0) is 57.4 Å². The number of ether oxygens (including phenoxy) is 2. The van der Waals surface area contributed by atoms with Crippen LogP contribution in [0.4, 0.5) is 11.4 Å². The molecule has 1 aromatic carbocycles. The van der Waals surface area contributed by atoms with Gasteiger partial charge in [-0.25, -0.2) is 14.6 Å². The average molecular weight is 1250 g/mol. The molecule has 4 saturated heterocycles. The van der Waals surface area contributed by atoms with Crippen molar-refractivity contribution in [2.45, 2.75) is 162 Å². The lowest BCUT2D eigenvalue weighted by Gasteiger charge is -2.34. The lowest BCUT2D eigenvalue weighted by molar-refractivity contribution is -0.148. The van der Waals surface area contributed by atoms with E-state index < -0.39 is 197 Å². The summed E-state index contributed by atoms with van der Waals surface area (Å²) in [5, 5.41) is 8.12. The van der Waals surface area contributed by atoms with Crippen LogP contribution in [0.1, 0.15) is 126 Å². The van der Waals surface area contributed by atoms with Crippen LogP contribution in [0.5, 0.6) is 0 Å². The second-order valence-corrected chi connectivity index (χ2v) is 25.2. The summed E-state index contributed by atoms with van der Waals surface area (Å²) >= 11 is 0. The Kier molecular flexibility index (Phi) is 21.0. The van der Waals surface area contributed by atoms with Crippen LogP contribution in [0.3, 0.4) is 0 Å². The maximum absolute atomic E-state index is 14.9. The highest BCUT2D eigenvalue weighted by Gasteiger charge is 2.46. The molecular weight excluding hydrogens is 1170 g/mol. The van der Waals surface area contributed by atoms with E-state index in [1.807, 2.05) is 0 Å². The summed E-state index contributed by atoms with van der Waals surface area (Å²) in [5.41, 5.74) is 9.43. The van der Waals surface area contributed by atoms with E-state index in [1.165, 1.54) is 81.6 Å². The van der Waals surface area contributed by atoms with Crippen molar-refractivity contribution in [1.82, 2.24) is 50.3 Å². The topological polar surface area (TPSA) is 374 Å². The Balaban J connectivity index is 1.28. The van der Waals surface area contributed by atoms with Crippen LogP contribution in [-0.4, -0.2) is 214 Å². The normalized spacial score (nSPS) is 25.0. The average Bonchev–Trinajstić information content (AvgIpc) is 1.41. The fourth-order valence-corrected chi connectivity index (χ4v) is 12.3. The molecular formula is C62H85N12O16+. The number of esters is 2. The molecule has 4 fully saturated rings. The number of amides is 9. The van der Waals surface area contributed by atoms with E-state index in [2.05, 4.69) is 22.9 Å². The van der Waals surface area contributed by atoms with E-state index in [1.54, 1.807) is 41.5 Å². The number of rotatable bonds is 10. The minimum atomic E-state index is -1.81. The van der Waals surface area contributed by atoms with Crippen molar-refractivity contribution in [2.24, 2.45) is 23.7 Å². The minimum absolute atomic E-state index is 0.0387. The zero-order valence-corrected chi connectivity index (χ0v) is 53.7. The number of aromatic nitrogens is 1. The molecule has 1 aromatic rings. The first-order chi connectivity index (χ1) is 42.1. The third-order valence-corrected chi connectivity index (χ3v) is 17.8. The highest BCUT2D eigenvalue weighted by atomic mass is 16.5. The molecule has 5 aliphatic heterocycles. The molecule has 1 aliphatic carbocycles. The fraction of sp³-hybridized carbons (Fsp3) is 0.597. The maximum atomic E-state index is 14.9. The van der Waals surface area contributed by atoms with Crippen LogP contribution in [0.25, 0.3) is 22.6 Å². The van der Waals surface area contributed by atoms with E-state index >= 15 is 0 Å². The van der Waals surface area contributed by atoms with Crippen molar-refractivity contribution in [3.8, 4) is 11.5 Å². The second kappa shape index (κ2) is 27.5. The number of nitrogens with zero attached hydrogens (tertiary/aromatic N) is 7. The van der Waals surface area contributed by atoms with Crippen LogP contribution in [0.2, 0.25) is 0 Å². The molecule has 28 heteroatoms. The molecule has 0 bridgehead atoms. The number of fused-ring (bicyclic) bond motifs is 4. The molecule has 28 nitrogen and oxygen atoms in total. The lowest BCUT2D eigenvalue weighted by atomic mass is 9.90. The number of benzene rings is 2. The summed E-state index contributed by atoms with van der Waals surface area (Å²) < 4.78 is 18.4. The summed E-state index contributed by atoms with van der Waals surface area (Å²) in [4.78, 5) is 198. The number of hydrogen-bond acceptors (Lipinski definition) is 19. The number of carbonyl (C=O) groups is 12. The highest BCUT2D eigenvalue weighted by molar-refractivity contribution is 6.08. The molecule has 0 aromatic heterocycles. The van der Waals surface area contributed by atoms with Crippen molar-refractivity contribution in [1.29, 1.82) is 0 Å². The number of nitrogens with one attached hydrogen (secondary N) is 3. The lowest BCUT2D eigenvalue weighted by Crippen LogP contribution is -2.62. The van der Waals surface area contributed by atoms with Gasteiger partial charge in [0.2, 0.25) is 58.6 Å². The Morgan fingerprint density at radius 2 is 1.16 bits per heavy atom. The number of Topliss-reactive ketones (excluding diaryl/α,β-unsaturated/α-hetero) is 1. The van der Waals surface area contributed by atoms with Crippen molar-refractivity contribution in [3.63, 3.8) is 0 Å². The first-order valence-corrected chi connectivity index (χ1v) is 30.4. The van der Waals surface area contributed by atoms with Crippen LogP contribution >= 0.6 is 0 Å². The predicted octanol–water partition coefficient (Wildman–Crippen LogP) is 0.967. The quantitative estimate of drug-likeness (QED) is 0.0817. The molecule has 7 rings (SSSR count). The largest absolute Gasteiger partial charge is 0.458 e. The zero-order valence-electron chi connectivity index (χ0n) is 53.7. The Bertz CT molecular complexity index is 3440. The number of aryl methyl sites for hydroxylation is 1. The van der Waals surface area contributed by atoms with E-state index in [0.29, 0.717) is 25.7 Å². The number of carbonyl (C=O) groups excluding carboxylic acids is 12. The Morgan fingerprint density at radius 3 is 1.67 bits per heavy atom. The van der Waals surface area contributed by atoms with E-state index in [-0.39, 0.29) is 53.2 Å². The minimum Gasteiger partial charge on any atom is -0.458 e. The van der Waals surface area contributed by atoms with Crippen LogP contribution in [0, 0.1) is 44.4 Å². The highest BCUT2D eigenvalue weighted by Crippen LogP contribution is 2.38. The molecule has 0 saturated carbocycles. The molecule has 4 unspecified atom stereocenters. The molecule has 7 N–H and O–H groups in total. The molecule has 488 valence electrons. The molecule has 0 spiro atoms. The zero-order chi connectivity index (χ0) is 67.0. The van der Waals surface area contributed by atoms with E-state index in [9.17, 15) is 62.3 Å². The van der Waals surface area contributed by atoms with Gasteiger partial charge in [0.1, 0.15) is 77.7 Å². The van der Waals surface area contributed by atoms with E-state index in [0.717, 1.165) is 9.80 Å². The van der Waals surface area contributed by atoms with Gasteiger partial charge in [0.05, 0.1) is 37.2 Å². The first-order valence-electron chi connectivity index (χ1n) is 30.4. The number of hydrogen-bond donors (Lipinski definition) is 5. The van der Waals surface area contributed by atoms with Gasteiger partial charge in [-0.15, -0.1) is 0 Å². The molecule has 10 atom stereocenters. The summed E-state index contributed by atoms with van der Waals surface area (Å²) in [7, 11) is 5.59. The van der Waals surface area contributed by atoms with Gasteiger partial charge in [-0.3, -0.25) is 52.7 Å². The van der Waals surface area contributed by atoms with Gasteiger partial charge in [0.15, 0.2) is 17.1 Å². The maximum Gasteiger partial charge on any atom is 0.343 e. The molecule has 90 heavy (non-hydrogen) atoms. The number of nitrogens with two attached hydrogens (primary N) is 2. The molecule has 6 aliphatic rings. The van der Waals surface area contributed by atoms with Crippen LogP contribution in [0.15, 0.2) is 15.3 Å².